The van der Waals surface area contributed by atoms with E-state index in [-0.39, 0.29) is 55.0 Å². The summed E-state index contributed by atoms with van der Waals surface area (Å²) in [6.07, 6.45) is 1.48. The number of halogens is 2. The first-order valence-electron chi connectivity index (χ1n) is 8.90. The number of rotatable bonds is 4. The van der Waals surface area contributed by atoms with E-state index < -0.39 is 16.4 Å². The molecule has 1 aromatic carbocycles. The molecule has 28 heavy (non-hydrogen) atoms. The van der Waals surface area contributed by atoms with Crippen molar-refractivity contribution in [2.45, 2.75) is 44.1 Å². The molecule has 2 heterocycles. The molecular formula is C18H17F2N5O3. The van der Waals surface area contributed by atoms with Crippen LogP contribution < -0.4 is 5.56 Å². The van der Waals surface area contributed by atoms with Crippen LogP contribution in [0.15, 0.2) is 35.3 Å². The molecule has 0 spiro atoms. The van der Waals surface area contributed by atoms with Gasteiger partial charge in [0.05, 0.1) is 17.2 Å². The Hall–Kier alpha value is -3.17. The number of H-pyrrole nitrogens is 1. The number of nitrogens with zero attached hydrogens (tertiary/aromatic N) is 4. The largest absolute Gasteiger partial charge is 0.310 e. The van der Waals surface area contributed by atoms with Crippen molar-refractivity contribution in [1.29, 1.82) is 0 Å². The zero-order valence-corrected chi connectivity index (χ0v) is 14.8. The van der Waals surface area contributed by atoms with Crippen LogP contribution in [0.4, 0.5) is 14.5 Å². The average molecular weight is 389 g/mol. The van der Waals surface area contributed by atoms with Crippen LogP contribution in [0.1, 0.15) is 43.1 Å². The zero-order valence-electron chi connectivity index (χ0n) is 14.8. The summed E-state index contributed by atoms with van der Waals surface area (Å²) in [6.45, 7) is 0. The van der Waals surface area contributed by atoms with E-state index in [0.29, 0.717) is 11.2 Å². The molecule has 0 amide bonds. The van der Waals surface area contributed by atoms with Crippen molar-refractivity contribution in [3.8, 4) is 0 Å². The van der Waals surface area contributed by atoms with E-state index >= 15 is 0 Å². The minimum atomic E-state index is -2.66. The molecule has 4 rings (SSSR count). The average Bonchev–Trinajstić information content (AvgIpc) is 3.06. The first kappa shape index (κ1) is 18.2. The second kappa shape index (κ2) is 6.77. The van der Waals surface area contributed by atoms with Crippen molar-refractivity contribution in [3.63, 3.8) is 0 Å². The van der Waals surface area contributed by atoms with Gasteiger partial charge in [-0.25, -0.2) is 18.4 Å². The topological polar surface area (TPSA) is 107 Å². The summed E-state index contributed by atoms with van der Waals surface area (Å²) in [4.78, 5) is 30.2. The van der Waals surface area contributed by atoms with Gasteiger partial charge in [-0.15, -0.1) is 0 Å². The van der Waals surface area contributed by atoms with Gasteiger partial charge in [-0.3, -0.25) is 14.9 Å². The molecule has 0 radical (unpaired) electrons. The van der Waals surface area contributed by atoms with Gasteiger partial charge in [0.2, 0.25) is 5.92 Å². The van der Waals surface area contributed by atoms with Crippen LogP contribution in [0, 0.1) is 10.1 Å². The van der Waals surface area contributed by atoms with Crippen molar-refractivity contribution in [3.05, 3.63) is 62.3 Å². The number of aromatic nitrogens is 4. The monoisotopic (exact) mass is 389 g/mol. The Morgan fingerprint density at radius 2 is 2.00 bits per heavy atom. The van der Waals surface area contributed by atoms with E-state index in [0.717, 1.165) is 0 Å². The molecule has 3 aromatic rings. The number of para-hydroxylation sites is 1. The van der Waals surface area contributed by atoms with Crippen LogP contribution in [0.5, 0.6) is 0 Å². The van der Waals surface area contributed by atoms with Crippen LogP contribution in [-0.4, -0.2) is 30.6 Å². The fourth-order valence-electron chi connectivity index (χ4n) is 3.62. The summed E-state index contributed by atoms with van der Waals surface area (Å²) in [5, 5.41) is 15.7. The number of fused-ring (bicyclic) bond motifs is 1. The lowest BCUT2D eigenvalue weighted by Gasteiger charge is -2.28. The number of benzene rings is 1. The molecule has 1 fully saturated rings. The third-order valence-corrected chi connectivity index (χ3v) is 5.09. The predicted octanol–water partition coefficient (Wildman–Crippen LogP) is 3.37. The second-order valence-electron chi connectivity index (χ2n) is 6.99. The number of hydrogen-bond donors (Lipinski definition) is 1. The fourth-order valence-corrected chi connectivity index (χ4v) is 3.62. The highest BCUT2D eigenvalue weighted by molar-refractivity contribution is 5.73. The molecule has 8 nitrogen and oxygen atoms in total. The molecule has 1 saturated carbocycles. The molecule has 2 aromatic heterocycles. The highest BCUT2D eigenvalue weighted by Gasteiger charge is 2.36. The van der Waals surface area contributed by atoms with E-state index in [1.165, 1.54) is 16.9 Å². The van der Waals surface area contributed by atoms with E-state index in [1.807, 2.05) is 0 Å². The lowest BCUT2D eigenvalue weighted by Crippen LogP contribution is -2.27. The SMILES string of the molecule is O=c1[nH]c(Cc2ccccc2[N+](=O)[O-])nc2c1cnn2C1CCC(F)(F)CC1. The molecule has 1 N–H and O–H groups in total. The smallest absolute Gasteiger partial charge is 0.273 e. The van der Waals surface area contributed by atoms with E-state index in [1.54, 1.807) is 18.2 Å². The molecule has 146 valence electrons. The van der Waals surface area contributed by atoms with Gasteiger partial charge in [0, 0.05) is 30.9 Å². The maximum absolute atomic E-state index is 13.5. The van der Waals surface area contributed by atoms with Crippen LogP contribution in [0.2, 0.25) is 0 Å². The minimum Gasteiger partial charge on any atom is -0.310 e. The minimum absolute atomic E-state index is 0.0618. The Bertz CT molecular complexity index is 1100. The Balaban J connectivity index is 1.70. The maximum atomic E-state index is 13.5. The second-order valence-corrected chi connectivity index (χ2v) is 6.99. The highest BCUT2D eigenvalue weighted by Crippen LogP contribution is 2.38. The lowest BCUT2D eigenvalue weighted by molar-refractivity contribution is -0.385. The van der Waals surface area contributed by atoms with E-state index in [2.05, 4.69) is 15.1 Å². The number of nitro benzene ring substituents is 1. The molecule has 0 atom stereocenters. The number of aromatic amines is 1. The quantitative estimate of drug-likeness (QED) is 0.544. The Morgan fingerprint density at radius 3 is 2.71 bits per heavy atom. The summed E-state index contributed by atoms with van der Waals surface area (Å²) >= 11 is 0. The molecule has 1 aliphatic rings. The summed E-state index contributed by atoms with van der Waals surface area (Å²) in [6, 6.07) is 5.96. The highest BCUT2D eigenvalue weighted by atomic mass is 19.3. The van der Waals surface area contributed by atoms with Gasteiger partial charge in [-0.1, -0.05) is 18.2 Å². The van der Waals surface area contributed by atoms with Gasteiger partial charge < -0.3 is 4.98 Å². The predicted molar refractivity (Wildman–Crippen MR) is 96.5 cm³/mol. The molecule has 0 saturated heterocycles. The van der Waals surface area contributed by atoms with Crippen LogP contribution in [-0.2, 0) is 6.42 Å². The van der Waals surface area contributed by atoms with Crippen molar-refractivity contribution in [1.82, 2.24) is 19.7 Å². The van der Waals surface area contributed by atoms with Gasteiger partial charge in [-0.05, 0) is 12.8 Å². The fraction of sp³-hybridized carbons (Fsp3) is 0.389. The van der Waals surface area contributed by atoms with E-state index in [9.17, 15) is 23.7 Å². The third-order valence-electron chi connectivity index (χ3n) is 5.09. The van der Waals surface area contributed by atoms with Crippen molar-refractivity contribution >= 4 is 16.7 Å². The number of nitro groups is 1. The van der Waals surface area contributed by atoms with Gasteiger partial charge >= 0.3 is 0 Å². The molecule has 0 aliphatic heterocycles. The lowest BCUT2D eigenvalue weighted by atomic mass is 9.92. The Morgan fingerprint density at radius 1 is 1.29 bits per heavy atom. The number of nitrogens with one attached hydrogen (secondary N) is 1. The molecule has 0 bridgehead atoms. The molecular weight excluding hydrogens is 372 g/mol. The first-order valence-corrected chi connectivity index (χ1v) is 8.90. The molecule has 0 unspecified atom stereocenters. The van der Waals surface area contributed by atoms with Gasteiger partial charge in [0.25, 0.3) is 11.2 Å². The van der Waals surface area contributed by atoms with E-state index in [4.69, 9.17) is 0 Å². The maximum Gasteiger partial charge on any atom is 0.273 e. The summed E-state index contributed by atoms with van der Waals surface area (Å²) in [5.41, 5.74) is 0.255. The zero-order chi connectivity index (χ0) is 19.9. The number of hydrogen-bond acceptors (Lipinski definition) is 5. The van der Waals surface area contributed by atoms with Crippen molar-refractivity contribution in [2.24, 2.45) is 0 Å². The standard InChI is InChI=1S/C18H17F2N5O3/c19-18(20)7-5-12(6-8-18)24-16-13(10-21-24)17(26)23-15(22-16)9-11-3-1-2-4-14(11)25(27)28/h1-4,10,12H,5-9H2,(H,22,23,26). The summed E-state index contributed by atoms with van der Waals surface area (Å²) in [5.74, 6) is -2.41. The normalized spacial score (nSPS) is 17.1. The van der Waals surface area contributed by atoms with Crippen LogP contribution in [0.25, 0.3) is 11.0 Å². The summed E-state index contributed by atoms with van der Waals surface area (Å²) in [7, 11) is 0. The first-order chi connectivity index (χ1) is 13.3. The van der Waals surface area contributed by atoms with Crippen molar-refractivity contribution in [2.75, 3.05) is 0 Å². The van der Waals surface area contributed by atoms with Gasteiger partial charge in [-0.2, -0.15) is 5.10 Å². The van der Waals surface area contributed by atoms with Crippen molar-refractivity contribution < 1.29 is 13.7 Å². The molecule has 10 heteroatoms. The molecule has 1 aliphatic carbocycles. The number of alkyl halides is 2. The van der Waals surface area contributed by atoms with Crippen LogP contribution >= 0.6 is 0 Å². The van der Waals surface area contributed by atoms with Crippen LogP contribution in [0.3, 0.4) is 0 Å². The van der Waals surface area contributed by atoms with Gasteiger partial charge in [0.1, 0.15) is 11.2 Å². The summed E-state index contributed by atoms with van der Waals surface area (Å²) < 4.78 is 28.4. The Kier molecular flexibility index (Phi) is 4.40. The van der Waals surface area contributed by atoms with Gasteiger partial charge in [0.15, 0.2) is 5.65 Å². The Labute approximate surface area is 157 Å². The third kappa shape index (κ3) is 3.37.